The SMILES string of the molecule is CCN1CCN(c2c(CN(CCOC)S(=O)(=O)c3ccccc3)c(C)nn2-c2ccccc2)CC1. The first-order chi connectivity index (χ1) is 17.0. The molecule has 0 saturated carbocycles. The number of methoxy groups -OCH3 is 1. The van der Waals surface area contributed by atoms with Gasteiger partial charge in [0.05, 0.1) is 22.9 Å². The highest BCUT2D eigenvalue weighted by molar-refractivity contribution is 7.89. The Kier molecular flexibility index (Phi) is 8.22. The van der Waals surface area contributed by atoms with Gasteiger partial charge in [0.25, 0.3) is 0 Å². The van der Waals surface area contributed by atoms with Crippen molar-refractivity contribution in [2.75, 3.05) is 57.9 Å². The third-order valence-electron chi connectivity index (χ3n) is 6.54. The molecule has 2 aromatic carbocycles. The number of hydrogen-bond acceptors (Lipinski definition) is 6. The molecule has 1 saturated heterocycles. The normalized spacial score (nSPS) is 15.1. The second-order valence-electron chi connectivity index (χ2n) is 8.70. The quantitative estimate of drug-likeness (QED) is 0.429. The molecule has 3 aromatic rings. The van der Waals surface area contributed by atoms with Crippen molar-refractivity contribution < 1.29 is 13.2 Å². The molecule has 9 heteroatoms. The zero-order valence-corrected chi connectivity index (χ0v) is 21.6. The average molecular weight is 498 g/mol. The number of ether oxygens (including phenoxy) is 1. The summed E-state index contributed by atoms with van der Waals surface area (Å²) in [5.74, 6) is 0.968. The monoisotopic (exact) mass is 497 g/mol. The summed E-state index contributed by atoms with van der Waals surface area (Å²) in [6, 6.07) is 18.6. The van der Waals surface area contributed by atoms with Gasteiger partial charge in [-0.25, -0.2) is 13.1 Å². The predicted octanol–water partition coefficient (Wildman–Crippen LogP) is 3.16. The maximum absolute atomic E-state index is 13.6. The Balaban J connectivity index is 1.76. The van der Waals surface area contributed by atoms with E-state index in [0.29, 0.717) is 6.61 Å². The number of anilines is 1. The molecule has 0 spiro atoms. The largest absolute Gasteiger partial charge is 0.383 e. The van der Waals surface area contributed by atoms with Crippen LogP contribution in [-0.4, -0.2) is 80.4 Å². The number of aromatic nitrogens is 2. The molecule has 1 aromatic heterocycles. The molecule has 188 valence electrons. The van der Waals surface area contributed by atoms with Crippen LogP contribution in [0.4, 0.5) is 5.82 Å². The molecule has 4 rings (SSSR count). The molecule has 1 aliphatic rings. The second kappa shape index (κ2) is 11.3. The fourth-order valence-corrected chi connectivity index (χ4v) is 5.89. The topological polar surface area (TPSA) is 70.9 Å². The van der Waals surface area contributed by atoms with Gasteiger partial charge in [0.15, 0.2) is 0 Å². The highest BCUT2D eigenvalue weighted by Gasteiger charge is 2.30. The Morgan fingerprint density at radius 2 is 1.60 bits per heavy atom. The lowest BCUT2D eigenvalue weighted by Crippen LogP contribution is -2.47. The summed E-state index contributed by atoms with van der Waals surface area (Å²) in [6.07, 6.45) is 0. The number of rotatable bonds is 10. The van der Waals surface area contributed by atoms with E-state index in [-0.39, 0.29) is 18.0 Å². The molecule has 0 unspecified atom stereocenters. The molecule has 1 fully saturated rings. The number of para-hydroxylation sites is 1. The Morgan fingerprint density at radius 3 is 2.20 bits per heavy atom. The number of piperazine rings is 1. The minimum atomic E-state index is -3.71. The van der Waals surface area contributed by atoms with E-state index in [0.717, 1.165) is 55.5 Å². The van der Waals surface area contributed by atoms with Gasteiger partial charge in [0.1, 0.15) is 5.82 Å². The van der Waals surface area contributed by atoms with E-state index in [4.69, 9.17) is 9.84 Å². The minimum Gasteiger partial charge on any atom is -0.383 e. The van der Waals surface area contributed by atoms with Crippen LogP contribution in [0.2, 0.25) is 0 Å². The van der Waals surface area contributed by atoms with Crippen LogP contribution in [0.25, 0.3) is 5.69 Å². The van der Waals surface area contributed by atoms with Gasteiger partial charge in [-0.3, -0.25) is 0 Å². The van der Waals surface area contributed by atoms with Gasteiger partial charge in [-0.1, -0.05) is 43.3 Å². The van der Waals surface area contributed by atoms with Crippen molar-refractivity contribution in [3.63, 3.8) is 0 Å². The van der Waals surface area contributed by atoms with Gasteiger partial charge in [0.2, 0.25) is 10.0 Å². The Labute approximate surface area is 208 Å². The highest BCUT2D eigenvalue weighted by atomic mass is 32.2. The van der Waals surface area contributed by atoms with Crippen molar-refractivity contribution in [1.82, 2.24) is 19.0 Å². The van der Waals surface area contributed by atoms with Crippen molar-refractivity contribution >= 4 is 15.8 Å². The highest BCUT2D eigenvalue weighted by Crippen LogP contribution is 2.31. The summed E-state index contributed by atoms with van der Waals surface area (Å²) in [4.78, 5) is 5.05. The van der Waals surface area contributed by atoms with Gasteiger partial charge in [-0.15, -0.1) is 0 Å². The number of sulfonamides is 1. The lowest BCUT2D eigenvalue weighted by Gasteiger charge is -2.36. The molecular weight excluding hydrogens is 462 g/mol. The average Bonchev–Trinajstić information content (AvgIpc) is 3.23. The Bertz CT molecular complexity index is 1190. The van der Waals surface area contributed by atoms with Gasteiger partial charge in [-0.05, 0) is 37.7 Å². The molecule has 0 bridgehead atoms. The molecule has 8 nitrogen and oxygen atoms in total. The van der Waals surface area contributed by atoms with Gasteiger partial charge in [-0.2, -0.15) is 9.40 Å². The first-order valence-corrected chi connectivity index (χ1v) is 13.5. The van der Waals surface area contributed by atoms with E-state index < -0.39 is 10.0 Å². The molecule has 2 heterocycles. The van der Waals surface area contributed by atoms with Crippen molar-refractivity contribution in [1.29, 1.82) is 0 Å². The lowest BCUT2D eigenvalue weighted by molar-refractivity contribution is 0.177. The van der Waals surface area contributed by atoms with Crippen molar-refractivity contribution in [3.05, 3.63) is 71.9 Å². The molecule has 0 aliphatic carbocycles. The van der Waals surface area contributed by atoms with Crippen molar-refractivity contribution in [2.45, 2.75) is 25.3 Å². The number of aryl methyl sites for hydroxylation is 1. The molecule has 35 heavy (non-hydrogen) atoms. The molecule has 0 atom stereocenters. The Hall–Kier alpha value is -2.72. The summed E-state index contributed by atoms with van der Waals surface area (Å²) in [7, 11) is -2.13. The zero-order valence-electron chi connectivity index (χ0n) is 20.8. The number of hydrogen-bond donors (Lipinski definition) is 0. The molecule has 0 radical (unpaired) electrons. The van der Waals surface area contributed by atoms with Crippen LogP contribution in [0.1, 0.15) is 18.2 Å². The summed E-state index contributed by atoms with van der Waals surface area (Å²) in [6.45, 7) is 9.61. The lowest BCUT2D eigenvalue weighted by atomic mass is 10.2. The van der Waals surface area contributed by atoms with Crippen LogP contribution >= 0.6 is 0 Å². The fourth-order valence-electron chi connectivity index (χ4n) is 4.48. The number of likely N-dealkylation sites (N-methyl/N-ethyl adjacent to an activating group) is 1. The van der Waals surface area contributed by atoms with E-state index in [1.807, 2.05) is 48.0 Å². The molecule has 0 amide bonds. The summed E-state index contributed by atoms with van der Waals surface area (Å²) in [5.41, 5.74) is 2.71. The second-order valence-corrected chi connectivity index (χ2v) is 10.6. The standard InChI is InChI=1S/C26H35N5O3S/c1-4-28-15-17-29(18-16-28)26-25(22(2)27-31(26)23-11-7-5-8-12-23)21-30(19-20-34-3)35(32,33)24-13-9-6-10-14-24/h5-14H,4,15-21H2,1-3H3. The third kappa shape index (κ3) is 5.59. The predicted molar refractivity (Wildman–Crippen MR) is 139 cm³/mol. The Morgan fingerprint density at radius 1 is 0.971 bits per heavy atom. The number of nitrogens with zero attached hydrogens (tertiary/aromatic N) is 5. The van der Waals surface area contributed by atoms with Gasteiger partial charge < -0.3 is 14.5 Å². The summed E-state index contributed by atoms with van der Waals surface area (Å²) >= 11 is 0. The molecular formula is C26H35N5O3S. The van der Waals surface area contributed by atoms with Crippen LogP contribution in [-0.2, 0) is 21.3 Å². The third-order valence-corrected chi connectivity index (χ3v) is 8.40. The maximum Gasteiger partial charge on any atom is 0.243 e. The first-order valence-electron chi connectivity index (χ1n) is 12.1. The van der Waals surface area contributed by atoms with Crippen molar-refractivity contribution in [2.24, 2.45) is 0 Å². The first kappa shape index (κ1) is 25.4. The van der Waals surface area contributed by atoms with E-state index in [1.165, 1.54) is 4.31 Å². The minimum absolute atomic E-state index is 0.225. The van der Waals surface area contributed by atoms with E-state index in [9.17, 15) is 8.42 Å². The van der Waals surface area contributed by atoms with E-state index >= 15 is 0 Å². The maximum atomic E-state index is 13.6. The van der Waals surface area contributed by atoms with E-state index in [1.54, 1.807) is 31.4 Å². The van der Waals surface area contributed by atoms with Gasteiger partial charge >= 0.3 is 0 Å². The van der Waals surface area contributed by atoms with E-state index in [2.05, 4.69) is 16.7 Å². The van der Waals surface area contributed by atoms with Crippen LogP contribution in [0.5, 0.6) is 0 Å². The fraction of sp³-hybridized carbons (Fsp3) is 0.423. The molecule has 1 aliphatic heterocycles. The van der Waals surface area contributed by atoms with Crippen LogP contribution < -0.4 is 4.90 Å². The summed E-state index contributed by atoms with van der Waals surface area (Å²) < 4.78 is 36.0. The zero-order chi connectivity index (χ0) is 24.8. The van der Waals surface area contributed by atoms with Crippen molar-refractivity contribution in [3.8, 4) is 5.69 Å². The smallest absolute Gasteiger partial charge is 0.243 e. The van der Waals surface area contributed by atoms with Crippen LogP contribution in [0, 0.1) is 6.92 Å². The molecule has 0 N–H and O–H groups in total. The number of benzene rings is 2. The van der Waals surface area contributed by atoms with Crippen LogP contribution in [0.3, 0.4) is 0 Å². The van der Waals surface area contributed by atoms with Gasteiger partial charge in [0, 0.05) is 51.9 Å². The summed E-state index contributed by atoms with van der Waals surface area (Å²) in [5, 5.41) is 4.89. The van der Waals surface area contributed by atoms with Crippen LogP contribution in [0.15, 0.2) is 65.6 Å².